The molecule has 0 spiro atoms. The first kappa shape index (κ1) is 21.6. The predicted molar refractivity (Wildman–Crippen MR) is 98.3 cm³/mol. The summed E-state index contributed by atoms with van der Waals surface area (Å²) in [5.74, 6) is 1.01. The Morgan fingerprint density at radius 3 is 2.42 bits per heavy atom. The SMILES string of the molecule is COc1ccc(CN(CCN)C(=O)CNC(=O)OC(C)(C)C)c(OC)c1. The minimum atomic E-state index is -0.638. The molecule has 0 bridgehead atoms. The number of amides is 2. The van der Waals surface area contributed by atoms with Gasteiger partial charge in [-0.15, -0.1) is 0 Å². The molecule has 0 radical (unpaired) electrons. The maximum atomic E-state index is 12.5. The first-order valence-corrected chi connectivity index (χ1v) is 8.35. The van der Waals surface area contributed by atoms with Crippen molar-refractivity contribution in [3.05, 3.63) is 23.8 Å². The number of nitrogens with one attached hydrogen (secondary N) is 1. The van der Waals surface area contributed by atoms with Crippen LogP contribution in [0.3, 0.4) is 0 Å². The highest BCUT2D eigenvalue weighted by Gasteiger charge is 2.20. The monoisotopic (exact) mass is 367 g/mol. The lowest BCUT2D eigenvalue weighted by molar-refractivity contribution is -0.130. The summed E-state index contributed by atoms with van der Waals surface area (Å²) in [6.07, 6.45) is -0.638. The van der Waals surface area contributed by atoms with Gasteiger partial charge >= 0.3 is 6.09 Å². The number of hydrogen-bond acceptors (Lipinski definition) is 6. The van der Waals surface area contributed by atoms with Gasteiger partial charge in [-0.3, -0.25) is 4.79 Å². The van der Waals surface area contributed by atoms with Crippen molar-refractivity contribution in [3.8, 4) is 11.5 Å². The molecule has 26 heavy (non-hydrogen) atoms. The Kier molecular flexibility index (Phi) is 8.18. The van der Waals surface area contributed by atoms with Crippen LogP contribution in [-0.4, -0.2) is 56.4 Å². The zero-order chi connectivity index (χ0) is 19.7. The van der Waals surface area contributed by atoms with E-state index in [0.717, 1.165) is 5.56 Å². The minimum absolute atomic E-state index is 0.173. The van der Waals surface area contributed by atoms with E-state index in [1.54, 1.807) is 52.0 Å². The van der Waals surface area contributed by atoms with Crippen molar-refractivity contribution >= 4 is 12.0 Å². The van der Waals surface area contributed by atoms with Gasteiger partial charge in [0, 0.05) is 31.3 Å². The molecule has 0 heterocycles. The first-order chi connectivity index (χ1) is 12.2. The van der Waals surface area contributed by atoms with Gasteiger partial charge in [0.2, 0.25) is 5.91 Å². The number of rotatable bonds is 8. The van der Waals surface area contributed by atoms with E-state index in [2.05, 4.69) is 5.32 Å². The average Bonchev–Trinajstić information content (AvgIpc) is 2.58. The van der Waals surface area contributed by atoms with E-state index in [-0.39, 0.29) is 12.5 Å². The second-order valence-electron chi connectivity index (χ2n) is 6.64. The Balaban J connectivity index is 2.76. The van der Waals surface area contributed by atoms with E-state index in [0.29, 0.717) is 31.1 Å². The third-order valence-electron chi connectivity index (χ3n) is 3.39. The van der Waals surface area contributed by atoms with E-state index < -0.39 is 11.7 Å². The molecular formula is C18H29N3O5. The summed E-state index contributed by atoms with van der Waals surface area (Å²) < 4.78 is 15.7. The van der Waals surface area contributed by atoms with Crippen molar-refractivity contribution in [1.29, 1.82) is 0 Å². The molecule has 0 unspecified atom stereocenters. The van der Waals surface area contributed by atoms with Crippen LogP contribution >= 0.6 is 0 Å². The lowest BCUT2D eigenvalue weighted by atomic mass is 10.1. The van der Waals surface area contributed by atoms with Crippen LogP contribution in [0.5, 0.6) is 11.5 Å². The van der Waals surface area contributed by atoms with E-state index in [1.165, 1.54) is 0 Å². The van der Waals surface area contributed by atoms with Crippen LogP contribution < -0.4 is 20.5 Å². The third-order valence-corrected chi connectivity index (χ3v) is 3.39. The molecule has 2 amide bonds. The summed E-state index contributed by atoms with van der Waals surface area (Å²) in [6, 6.07) is 5.37. The molecule has 0 atom stereocenters. The Morgan fingerprint density at radius 2 is 1.88 bits per heavy atom. The Hall–Kier alpha value is -2.48. The van der Waals surface area contributed by atoms with E-state index in [1.807, 2.05) is 6.07 Å². The van der Waals surface area contributed by atoms with Gasteiger partial charge in [-0.1, -0.05) is 0 Å². The van der Waals surface area contributed by atoms with Crippen LogP contribution in [0, 0.1) is 0 Å². The van der Waals surface area contributed by atoms with Gasteiger partial charge in [-0.25, -0.2) is 4.79 Å². The van der Waals surface area contributed by atoms with Crippen LogP contribution in [-0.2, 0) is 16.1 Å². The molecular weight excluding hydrogens is 338 g/mol. The molecule has 0 aliphatic carbocycles. The fraction of sp³-hybridized carbons (Fsp3) is 0.556. The second-order valence-corrected chi connectivity index (χ2v) is 6.64. The molecule has 146 valence electrons. The predicted octanol–water partition coefficient (Wildman–Crippen LogP) is 1.52. The van der Waals surface area contributed by atoms with Gasteiger partial charge in [0.05, 0.1) is 14.2 Å². The van der Waals surface area contributed by atoms with Crippen molar-refractivity contribution in [2.24, 2.45) is 5.73 Å². The summed E-state index contributed by atoms with van der Waals surface area (Å²) in [6.45, 7) is 6.05. The quantitative estimate of drug-likeness (QED) is 0.722. The number of carbonyl (C=O) groups is 2. The number of methoxy groups -OCH3 is 2. The van der Waals surface area contributed by atoms with Crippen molar-refractivity contribution in [2.45, 2.75) is 32.9 Å². The van der Waals surface area contributed by atoms with Gasteiger partial charge < -0.3 is 30.2 Å². The summed E-state index contributed by atoms with van der Waals surface area (Å²) >= 11 is 0. The normalized spacial score (nSPS) is 10.8. The number of nitrogens with two attached hydrogens (primary N) is 1. The number of ether oxygens (including phenoxy) is 3. The van der Waals surface area contributed by atoms with Crippen LogP contribution in [0.15, 0.2) is 18.2 Å². The molecule has 1 aromatic carbocycles. The molecule has 3 N–H and O–H groups in total. The van der Waals surface area contributed by atoms with Crippen LogP contribution in [0.2, 0.25) is 0 Å². The largest absolute Gasteiger partial charge is 0.497 e. The van der Waals surface area contributed by atoms with E-state index in [9.17, 15) is 9.59 Å². The van der Waals surface area contributed by atoms with Crippen molar-refractivity contribution in [3.63, 3.8) is 0 Å². The van der Waals surface area contributed by atoms with Crippen molar-refractivity contribution < 1.29 is 23.8 Å². The standard InChI is InChI=1S/C18H29N3O5/c1-18(2,3)26-17(23)20-11-16(22)21(9-8-19)12-13-6-7-14(24-4)10-15(13)25-5/h6-7,10H,8-9,11-12,19H2,1-5H3,(H,20,23). The molecule has 1 rings (SSSR count). The van der Waals surface area contributed by atoms with Gasteiger partial charge in [0.25, 0.3) is 0 Å². The fourth-order valence-corrected chi connectivity index (χ4v) is 2.21. The first-order valence-electron chi connectivity index (χ1n) is 8.35. The third kappa shape index (κ3) is 7.18. The highest BCUT2D eigenvalue weighted by molar-refractivity contribution is 5.82. The Labute approximate surface area is 154 Å². The van der Waals surface area contributed by atoms with Gasteiger partial charge in [-0.05, 0) is 32.9 Å². The van der Waals surface area contributed by atoms with Crippen molar-refractivity contribution in [2.75, 3.05) is 33.9 Å². The Bertz CT molecular complexity index is 613. The Morgan fingerprint density at radius 1 is 1.19 bits per heavy atom. The number of hydrogen-bond donors (Lipinski definition) is 2. The topological polar surface area (TPSA) is 103 Å². The molecule has 0 fully saturated rings. The second kappa shape index (κ2) is 9.86. The highest BCUT2D eigenvalue weighted by Crippen LogP contribution is 2.25. The number of carbonyl (C=O) groups excluding carboxylic acids is 2. The molecule has 8 heteroatoms. The zero-order valence-electron chi connectivity index (χ0n) is 16.1. The maximum Gasteiger partial charge on any atom is 0.408 e. The van der Waals surface area contributed by atoms with Crippen molar-refractivity contribution in [1.82, 2.24) is 10.2 Å². The molecule has 1 aromatic rings. The average molecular weight is 367 g/mol. The molecule has 0 saturated heterocycles. The molecule has 0 aliphatic heterocycles. The summed E-state index contributed by atoms with van der Waals surface area (Å²) in [5.41, 5.74) is 5.81. The van der Waals surface area contributed by atoms with Crippen LogP contribution in [0.4, 0.5) is 4.79 Å². The molecule has 8 nitrogen and oxygen atoms in total. The summed E-state index contributed by atoms with van der Waals surface area (Å²) in [7, 11) is 3.12. The smallest absolute Gasteiger partial charge is 0.408 e. The molecule has 0 aromatic heterocycles. The molecule has 0 saturated carbocycles. The number of nitrogens with zero attached hydrogens (tertiary/aromatic N) is 1. The van der Waals surface area contributed by atoms with Crippen LogP contribution in [0.25, 0.3) is 0 Å². The maximum absolute atomic E-state index is 12.5. The van der Waals surface area contributed by atoms with Gasteiger partial charge in [0.15, 0.2) is 0 Å². The zero-order valence-corrected chi connectivity index (χ0v) is 16.1. The number of benzene rings is 1. The minimum Gasteiger partial charge on any atom is -0.497 e. The number of alkyl carbamates (subject to hydrolysis) is 1. The fourth-order valence-electron chi connectivity index (χ4n) is 2.21. The summed E-state index contributed by atoms with van der Waals surface area (Å²) in [4.78, 5) is 25.7. The van der Waals surface area contributed by atoms with E-state index >= 15 is 0 Å². The molecule has 0 aliphatic rings. The lowest BCUT2D eigenvalue weighted by Gasteiger charge is -2.24. The highest BCUT2D eigenvalue weighted by atomic mass is 16.6. The van der Waals surface area contributed by atoms with Gasteiger partial charge in [0.1, 0.15) is 23.6 Å². The van der Waals surface area contributed by atoms with Gasteiger partial charge in [-0.2, -0.15) is 0 Å². The lowest BCUT2D eigenvalue weighted by Crippen LogP contribution is -2.43. The van der Waals surface area contributed by atoms with Crippen LogP contribution in [0.1, 0.15) is 26.3 Å². The van der Waals surface area contributed by atoms with E-state index in [4.69, 9.17) is 19.9 Å². The summed E-state index contributed by atoms with van der Waals surface area (Å²) in [5, 5.41) is 2.47.